The Balaban J connectivity index is 1.80. The SMILES string of the molecule is Cc1ccccc1CNC(C)C(=O)N(c1ccccc1)c1ccccc1. The number of hydrogen-bond acceptors (Lipinski definition) is 2. The lowest BCUT2D eigenvalue weighted by Crippen LogP contribution is -2.42. The van der Waals surface area contributed by atoms with Crippen LogP contribution in [0.1, 0.15) is 18.1 Å². The molecule has 3 nitrogen and oxygen atoms in total. The number of benzene rings is 3. The maximum Gasteiger partial charge on any atom is 0.248 e. The molecule has 0 radical (unpaired) electrons. The van der Waals surface area contributed by atoms with Gasteiger partial charge in [-0.1, -0.05) is 60.7 Å². The van der Waals surface area contributed by atoms with Crippen LogP contribution in [0.3, 0.4) is 0 Å². The van der Waals surface area contributed by atoms with Crippen molar-refractivity contribution in [3.8, 4) is 0 Å². The Morgan fingerprint density at radius 2 is 1.35 bits per heavy atom. The first-order valence-electron chi connectivity index (χ1n) is 8.89. The van der Waals surface area contributed by atoms with Gasteiger partial charge in [0, 0.05) is 17.9 Å². The van der Waals surface area contributed by atoms with E-state index in [1.54, 1.807) is 4.90 Å². The third-order valence-corrected chi connectivity index (χ3v) is 4.48. The molecule has 3 aromatic rings. The van der Waals surface area contributed by atoms with Gasteiger partial charge in [0.25, 0.3) is 0 Å². The van der Waals surface area contributed by atoms with Crippen molar-refractivity contribution in [1.29, 1.82) is 0 Å². The minimum absolute atomic E-state index is 0.0241. The summed E-state index contributed by atoms with van der Waals surface area (Å²) in [5, 5.41) is 3.37. The molecule has 0 spiro atoms. The van der Waals surface area contributed by atoms with Crippen molar-refractivity contribution in [3.63, 3.8) is 0 Å². The Kier molecular flexibility index (Phi) is 5.82. The zero-order valence-corrected chi connectivity index (χ0v) is 15.2. The van der Waals surface area contributed by atoms with E-state index in [0.29, 0.717) is 6.54 Å². The van der Waals surface area contributed by atoms with Gasteiger partial charge >= 0.3 is 0 Å². The molecule has 0 aromatic heterocycles. The van der Waals surface area contributed by atoms with E-state index >= 15 is 0 Å². The van der Waals surface area contributed by atoms with Crippen molar-refractivity contribution < 1.29 is 4.79 Å². The predicted molar refractivity (Wildman–Crippen MR) is 108 cm³/mol. The van der Waals surface area contributed by atoms with Gasteiger partial charge in [0.05, 0.1) is 6.04 Å². The van der Waals surface area contributed by atoms with Gasteiger partial charge in [0.2, 0.25) is 5.91 Å². The monoisotopic (exact) mass is 344 g/mol. The maximum absolute atomic E-state index is 13.2. The first-order valence-corrected chi connectivity index (χ1v) is 8.89. The average molecular weight is 344 g/mol. The van der Waals surface area contributed by atoms with Gasteiger partial charge in [-0.15, -0.1) is 0 Å². The number of carbonyl (C=O) groups is 1. The number of nitrogens with one attached hydrogen (secondary N) is 1. The molecule has 3 rings (SSSR count). The minimum Gasteiger partial charge on any atom is -0.302 e. The topological polar surface area (TPSA) is 32.3 Å². The van der Waals surface area contributed by atoms with Crippen LogP contribution < -0.4 is 10.2 Å². The lowest BCUT2D eigenvalue weighted by Gasteiger charge is -2.26. The third kappa shape index (κ3) is 4.19. The van der Waals surface area contributed by atoms with Crippen molar-refractivity contribution in [2.45, 2.75) is 26.4 Å². The molecule has 1 N–H and O–H groups in total. The zero-order valence-electron chi connectivity index (χ0n) is 15.2. The quantitative estimate of drug-likeness (QED) is 0.694. The zero-order chi connectivity index (χ0) is 18.4. The number of amides is 1. The molecule has 1 amide bonds. The fourth-order valence-corrected chi connectivity index (χ4v) is 2.91. The normalized spacial score (nSPS) is 11.8. The van der Waals surface area contributed by atoms with E-state index in [0.717, 1.165) is 11.4 Å². The largest absolute Gasteiger partial charge is 0.302 e. The van der Waals surface area contributed by atoms with Gasteiger partial charge in [-0.2, -0.15) is 0 Å². The fourth-order valence-electron chi connectivity index (χ4n) is 2.91. The van der Waals surface area contributed by atoms with Crippen LogP contribution in [0.2, 0.25) is 0 Å². The smallest absolute Gasteiger partial charge is 0.248 e. The summed E-state index contributed by atoms with van der Waals surface area (Å²) in [7, 11) is 0. The van der Waals surface area contributed by atoms with Crippen molar-refractivity contribution in [2.24, 2.45) is 0 Å². The molecule has 3 heteroatoms. The molecule has 0 aliphatic heterocycles. The highest BCUT2D eigenvalue weighted by Crippen LogP contribution is 2.25. The van der Waals surface area contributed by atoms with Crippen LogP contribution in [-0.2, 0) is 11.3 Å². The highest BCUT2D eigenvalue weighted by atomic mass is 16.2. The number of hydrogen-bond donors (Lipinski definition) is 1. The lowest BCUT2D eigenvalue weighted by atomic mass is 10.1. The summed E-state index contributed by atoms with van der Waals surface area (Å²) in [6.45, 7) is 4.67. The number of carbonyl (C=O) groups excluding carboxylic acids is 1. The second-order valence-electron chi connectivity index (χ2n) is 6.37. The molecule has 1 atom stereocenters. The molecule has 0 heterocycles. The van der Waals surface area contributed by atoms with Crippen LogP contribution >= 0.6 is 0 Å². The first-order chi connectivity index (χ1) is 12.7. The second kappa shape index (κ2) is 8.45. The molecule has 0 fully saturated rings. The Morgan fingerprint density at radius 3 is 1.88 bits per heavy atom. The fraction of sp³-hybridized carbons (Fsp3) is 0.174. The molecule has 132 valence electrons. The van der Waals surface area contributed by atoms with Gasteiger partial charge in [-0.05, 0) is 49.2 Å². The van der Waals surface area contributed by atoms with Crippen LogP contribution in [0.5, 0.6) is 0 Å². The molecular formula is C23H24N2O. The van der Waals surface area contributed by atoms with E-state index in [-0.39, 0.29) is 11.9 Å². The summed E-state index contributed by atoms with van der Waals surface area (Å²) in [6, 6.07) is 27.5. The number of rotatable bonds is 6. The number of aryl methyl sites for hydroxylation is 1. The maximum atomic E-state index is 13.2. The van der Waals surface area contributed by atoms with Crippen molar-refractivity contribution in [3.05, 3.63) is 96.1 Å². The molecular weight excluding hydrogens is 320 g/mol. The van der Waals surface area contributed by atoms with E-state index < -0.39 is 0 Å². The molecule has 1 unspecified atom stereocenters. The Morgan fingerprint density at radius 1 is 0.846 bits per heavy atom. The van der Waals surface area contributed by atoms with Gasteiger partial charge in [-0.25, -0.2) is 0 Å². The van der Waals surface area contributed by atoms with Crippen LogP contribution in [0.15, 0.2) is 84.9 Å². The molecule has 0 bridgehead atoms. The minimum atomic E-state index is -0.310. The molecule has 26 heavy (non-hydrogen) atoms. The Hall–Kier alpha value is -2.91. The predicted octanol–water partition coefficient (Wildman–Crippen LogP) is 4.84. The lowest BCUT2D eigenvalue weighted by molar-refractivity contribution is -0.119. The van der Waals surface area contributed by atoms with Gasteiger partial charge in [0.15, 0.2) is 0 Å². The van der Waals surface area contributed by atoms with Crippen LogP contribution in [0, 0.1) is 6.92 Å². The van der Waals surface area contributed by atoms with Crippen LogP contribution in [-0.4, -0.2) is 11.9 Å². The Bertz CT molecular complexity index is 807. The van der Waals surface area contributed by atoms with Crippen molar-refractivity contribution in [1.82, 2.24) is 5.32 Å². The van der Waals surface area contributed by atoms with E-state index in [1.165, 1.54) is 11.1 Å². The van der Waals surface area contributed by atoms with Crippen LogP contribution in [0.25, 0.3) is 0 Å². The number of para-hydroxylation sites is 2. The highest BCUT2D eigenvalue weighted by molar-refractivity contribution is 6.03. The first kappa shape index (κ1) is 17.9. The summed E-state index contributed by atoms with van der Waals surface area (Å²) in [5.74, 6) is 0.0241. The van der Waals surface area contributed by atoms with E-state index in [2.05, 4.69) is 24.4 Å². The summed E-state index contributed by atoms with van der Waals surface area (Å²) in [6.07, 6.45) is 0. The molecule has 0 saturated carbocycles. The van der Waals surface area contributed by atoms with Gasteiger partial charge in [-0.3, -0.25) is 9.69 Å². The van der Waals surface area contributed by atoms with Crippen molar-refractivity contribution in [2.75, 3.05) is 4.90 Å². The van der Waals surface area contributed by atoms with E-state index in [9.17, 15) is 4.79 Å². The van der Waals surface area contributed by atoms with E-state index in [4.69, 9.17) is 0 Å². The molecule has 3 aromatic carbocycles. The summed E-state index contributed by atoms with van der Waals surface area (Å²) >= 11 is 0. The molecule has 0 aliphatic carbocycles. The van der Waals surface area contributed by atoms with Gasteiger partial charge < -0.3 is 5.32 Å². The number of anilines is 2. The standard InChI is InChI=1S/C23H24N2O/c1-18-11-9-10-12-20(18)17-24-19(2)23(26)25(21-13-5-3-6-14-21)22-15-7-4-8-16-22/h3-16,19,24H,17H2,1-2H3. The van der Waals surface area contributed by atoms with Gasteiger partial charge in [0.1, 0.15) is 0 Å². The summed E-state index contributed by atoms with van der Waals surface area (Å²) in [4.78, 5) is 15.0. The Labute approximate surface area is 155 Å². The third-order valence-electron chi connectivity index (χ3n) is 4.48. The second-order valence-corrected chi connectivity index (χ2v) is 6.37. The summed E-state index contributed by atoms with van der Waals surface area (Å²) < 4.78 is 0. The highest BCUT2D eigenvalue weighted by Gasteiger charge is 2.23. The number of nitrogens with zero attached hydrogens (tertiary/aromatic N) is 1. The molecule has 0 aliphatic rings. The molecule has 0 saturated heterocycles. The van der Waals surface area contributed by atoms with Crippen LogP contribution in [0.4, 0.5) is 11.4 Å². The van der Waals surface area contributed by atoms with E-state index in [1.807, 2.05) is 79.7 Å². The summed E-state index contributed by atoms with van der Waals surface area (Å²) in [5.41, 5.74) is 4.17. The van der Waals surface area contributed by atoms with Crippen molar-refractivity contribution >= 4 is 17.3 Å². The average Bonchev–Trinajstić information content (AvgIpc) is 2.69.